The van der Waals surface area contributed by atoms with Gasteiger partial charge in [-0.1, -0.05) is 0 Å². The molecule has 0 aliphatic carbocycles. The topological polar surface area (TPSA) is 57.0 Å². The molecule has 106 valence electrons. The number of nitrogens with zero attached hydrogens (tertiary/aromatic N) is 1. The van der Waals surface area contributed by atoms with Gasteiger partial charge in [0.15, 0.2) is 0 Å². The SMILES string of the molecule is COCC(N)CN(C)C1CCOC2(CCOC2)C1. The minimum atomic E-state index is -0.0253. The molecule has 0 bridgehead atoms. The van der Waals surface area contributed by atoms with Gasteiger partial charge in [0.05, 0.1) is 18.8 Å². The Hall–Kier alpha value is -0.200. The predicted octanol–water partition coefficient (Wildman–Crippen LogP) is 0.230. The van der Waals surface area contributed by atoms with Crippen molar-refractivity contribution in [3.63, 3.8) is 0 Å². The van der Waals surface area contributed by atoms with Crippen molar-refractivity contribution in [2.45, 2.75) is 36.9 Å². The maximum Gasteiger partial charge on any atom is 0.0951 e. The zero-order chi connectivity index (χ0) is 13.0. The Morgan fingerprint density at radius 2 is 2.33 bits per heavy atom. The van der Waals surface area contributed by atoms with Crippen LogP contribution in [0, 0.1) is 0 Å². The third-order valence-corrected chi connectivity index (χ3v) is 4.06. The lowest BCUT2D eigenvalue weighted by atomic mass is 9.89. The fourth-order valence-corrected chi connectivity index (χ4v) is 3.03. The molecule has 2 aliphatic heterocycles. The van der Waals surface area contributed by atoms with Crippen LogP contribution in [0.4, 0.5) is 0 Å². The van der Waals surface area contributed by atoms with Gasteiger partial charge in [0.1, 0.15) is 0 Å². The fraction of sp³-hybridized carbons (Fsp3) is 1.00. The van der Waals surface area contributed by atoms with E-state index >= 15 is 0 Å². The maximum absolute atomic E-state index is 6.01. The van der Waals surface area contributed by atoms with Crippen LogP contribution in [0.5, 0.6) is 0 Å². The first-order chi connectivity index (χ1) is 8.65. The molecular weight excluding hydrogens is 232 g/mol. The van der Waals surface area contributed by atoms with Crippen LogP contribution in [0.15, 0.2) is 0 Å². The van der Waals surface area contributed by atoms with Crippen molar-refractivity contribution in [1.82, 2.24) is 4.90 Å². The van der Waals surface area contributed by atoms with E-state index in [-0.39, 0.29) is 11.6 Å². The van der Waals surface area contributed by atoms with Gasteiger partial charge in [0.2, 0.25) is 0 Å². The van der Waals surface area contributed by atoms with Crippen molar-refractivity contribution in [1.29, 1.82) is 0 Å². The molecule has 2 rings (SSSR count). The first-order valence-corrected chi connectivity index (χ1v) is 6.82. The molecule has 3 atom stereocenters. The molecule has 2 heterocycles. The fourth-order valence-electron chi connectivity index (χ4n) is 3.03. The average Bonchev–Trinajstić information content (AvgIpc) is 2.77. The van der Waals surface area contributed by atoms with Crippen LogP contribution in [0.1, 0.15) is 19.3 Å². The standard InChI is InChI=1S/C13H26N2O3/c1-15(8-11(14)9-16-2)12-3-5-18-13(7-12)4-6-17-10-13/h11-12H,3-10,14H2,1-2H3. The molecular formula is C13H26N2O3. The normalized spacial score (nSPS) is 34.3. The maximum atomic E-state index is 6.01. The molecule has 2 saturated heterocycles. The van der Waals surface area contributed by atoms with E-state index in [9.17, 15) is 0 Å². The van der Waals surface area contributed by atoms with Gasteiger partial charge < -0.3 is 24.8 Å². The molecule has 1 spiro atoms. The van der Waals surface area contributed by atoms with E-state index in [1.54, 1.807) is 7.11 Å². The molecule has 0 aromatic heterocycles. The van der Waals surface area contributed by atoms with Gasteiger partial charge in [-0.3, -0.25) is 0 Å². The zero-order valence-corrected chi connectivity index (χ0v) is 11.6. The van der Waals surface area contributed by atoms with Crippen LogP contribution in [0.25, 0.3) is 0 Å². The quantitative estimate of drug-likeness (QED) is 0.765. The van der Waals surface area contributed by atoms with Gasteiger partial charge in [-0.15, -0.1) is 0 Å². The molecule has 18 heavy (non-hydrogen) atoms. The molecule has 2 N–H and O–H groups in total. The number of ether oxygens (including phenoxy) is 3. The van der Waals surface area contributed by atoms with Gasteiger partial charge >= 0.3 is 0 Å². The largest absolute Gasteiger partial charge is 0.383 e. The van der Waals surface area contributed by atoms with Crippen LogP contribution < -0.4 is 5.73 Å². The molecule has 0 amide bonds. The number of likely N-dealkylation sites (N-methyl/N-ethyl adjacent to an activating group) is 1. The Labute approximate surface area is 110 Å². The van der Waals surface area contributed by atoms with Gasteiger partial charge in [-0.25, -0.2) is 0 Å². The lowest BCUT2D eigenvalue weighted by molar-refractivity contribution is -0.104. The second-order valence-electron chi connectivity index (χ2n) is 5.64. The Bertz CT molecular complexity index is 257. The summed E-state index contributed by atoms with van der Waals surface area (Å²) < 4.78 is 16.5. The first-order valence-electron chi connectivity index (χ1n) is 6.82. The summed E-state index contributed by atoms with van der Waals surface area (Å²) >= 11 is 0. The molecule has 5 heteroatoms. The highest BCUT2D eigenvalue weighted by molar-refractivity contribution is 4.93. The van der Waals surface area contributed by atoms with Crippen molar-refractivity contribution >= 4 is 0 Å². The summed E-state index contributed by atoms with van der Waals surface area (Å²) in [5, 5.41) is 0. The molecule has 0 radical (unpaired) electrons. The molecule has 0 aromatic carbocycles. The minimum Gasteiger partial charge on any atom is -0.383 e. The van der Waals surface area contributed by atoms with Crippen molar-refractivity contribution in [2.75, 3.05) is 47.1 Å². The highest BCUT2D eigenvalue weighted by Crippen LogP contribution is 2.34. The Kier molecular flexibility index (Phi) is 4.98. The summed E-state index contributed by atoms with van der Waals surface area (Å²) in [5.74, 6) is 0. The van der Waals surface area contributed by atoms with Crippen molar-refractivity contribution < 1.29 is 14.2 Å². The van der Waals surface area contributed by atoms with E-state index in [4.69, 9.17) is 19.9 Å². The lowest BCUT2D eigenvalue weighted by Crippen LogP contribution is -2.51. The number of nitrogens with two attached hydrogens (primary N) is 1. The summed E-state index contributed by atoms with van der Waals surface area (Å²) in [6.07, 6.45) is 3.17. The molecule has 0 saturated carbocycles. The number of hydrogen-bond donors (Lipinski definition) is 1. The summed E-state index contributed by atoms with van der Waals surface area (Å²) in [7, 11) is 3.84. The van der Waals surface area contributed by atoms with Crippen LogP contribution in [-0.4, -0.2) is 69.7 Å². The van der Waals surface area contributed by atoms with E-state index in [2.05, 4.69) is 11.9 Å². The summed E-state index contributed by atoms with van der Waals surface area (Å²) in [6, 6.07) is 0.627. The number of rotatable bonds is 5. The summed E-state index contributed by atoms with van der Waals surface area (Å²) in [6.45, 7) is 3.90. The third kappa shape index (κ3) is 3.42. The monoisotopic (exact) mass is 258 g/mol. The third-order valence-electron chi connectivity index (χ3n) is 4.06. The van der Waals surface area contributed by atoms with Crippen LogP contribution in [0.3, 0.4) is 0 Å². The van der Waals surface area contributed by atoms with Crippen LogP contribution in [0.2, 0.25) is 0 Å². The molecule has 2 aliphatic rings. The van der Waals surface area contributed by atoms with Crippen molar-refractivity contribution in [2.24, 2.45) is 5.73 Å². The summed E-state index contributed by atoms with van der Waals surface area (Å²) in [4.78, 5) is 2.35. The Morgan fingerprint density at radius 1 is 1.50 bits per heavy atom. The van der Waals surface area contributed by atoms with Gasteiger partial charge in [0.25, 0.3) is 0 Å². The predicted molar refractivity (Wildman–Crippen MR) is 69.6 cm³/mol. The van der Waals surface area contributed by atoms with Crippen LogP contribution in [-0.2, 0) is 14.2 Å². The first kappa shape index (κ1) is 14.2. The molecule has 5 nitrogen and oxygen atoms in total. The van der Waals surface area contributed by atoms with E-state index < -0.39 is 0 Å². The van der Waals surface area contributed by atoms with Gasteiger partial charge in [-0.2, -0.15) is 0 Å². The van der Waals surface area contributed by atoms with E-state index in [0.29, 0.717) is 12.6 Å². The smallest absolute Gasteiger partial charge is 0.0951 e. The Morgan fingerprint density at radius 3 is 3.00 bits per heavy atom. The average molecular weight is 258 g/mol. The van der Waals surface area contributed by atoms with Gasteiger partial charge in [-0.05, 0) is 19.9 Å². The van der Waals surface area contributed by atoms with Crippen molar-refractivity contribution in [3.05, 3.63) is 0 Å². The molecule has 3 unspecified atom stereocenters. The lowest BCUT2D eigenvalue weighted by Gasteiger charge is -2.41. The highest BCUT2D eigenvalue weighted by Gasteiger charge is 2.41. The van der Waals surface area contributed by atoms with Gasteiger partial charge in [0, 0.05) is 45.4 Å². The second kappa shape index (κ2) is 6.30. The minimum absolute atomic E-state index is 0.0253. The second-order valence-corrected chi connectivity index (χ2v) is 5.64. The van der Waals surface area contributed by atoms with E-state index in [1.807, 2.05) is 0 Å². The Balaban J connectivity index is 1.84. The molecule has 0 aromatic rings. The van der Waals surface area contributed by atoms with Crippen LogP contribution >= 0.6 is 0 Å². The highest BCUT2D eigenvalue weighted by atomic mass is 16.6. The molecule has 2 fully saturated rings. The van der Waals surface area contributed by atoms with Crippen molar-refractivity contribution in [3.8, 4) is 0 Å². The summed E-state index contributed by atoms with van der Waals surface area (Å²) in [5.41, 5.74) is 5.99. The number of methoxy groups -OCH3 is 1. The van der Waals surface area contributed by atoms with E-state index in [1.165, 1.54) is 0 Å². The van der Waals surface area contributed by atoms with E-state index in [0.717, 1.165) is 45.6 Å². The zero-order valence-electron chi connectivity index (χ0n) is 11.6. The number of hydrogen-bond acceptors (Lipinski definition) is 5.